The number of aromatic amines is 1. The summed E-state index contributed by atoms with van der Waals surface area (Å²) < 4.78 is 33.8. The summed E-state index contributed by atoms with van der Waals surface area (Å²) in [6.07, 6.45) is -1.21. The number of nitrogen functional groups attached to an aromatic ring is 1. The quantitative estimate of drug-likeness (QED) is 0.475. The number of sulfonamides is 1. The molecule has 1 aromatic carbocycles. The third kappa shape index (κ3) is 4.11. The van der Waals surface area contributed by atoms with Crippen LogP contribution in [0.15, 0.2) is 44.9 Å². The minimum absolute atomic E-state index is 0.0354. The van der Waals surface area contributed by atoms with Gasteiger partial charge in [0.2, 0.25) is 10.0 Å². The molecule has 0 unspecified atom stereocenters. The first-order valence-electron chi connectivity index (χ1n) is 8.18. The molecule has 11 heteroatoms. The number of nitrogens with zero attached hydrogens (tertiary/aromatic N) is 1. The number of hydrogen-bond acceptors (Lipinski definition) is 7. The molecular formula is C16H20N4O6S. The van der Waals surface area contributed by atoms with Gasteiger partial charge in [-0.1, -0.05) is 0 Å². The van der Waals surface area contributed by atoms with Crippen LogP contribution in [-0.2, 0) is 14.8 Å². The molecule has 3 rings (SSSR count). The molecule has 1 fully saturated rings. The van der Waals surface area contributed by atoms with Crippen molar-refractivity contribution >= 4 is 15.7 Å². The molecule has 0 amide bonds. The van der Waals surface area contributed by atoms with Crippen LogP contribution in [0.1, 0.15) is 18.2 Å². The standard InChI is InChI=1S/C16H20N4O6S/c1-9-8-20(16(23)19-15(9)22)14-6-12(21)13(26-14)7-18-27(24,25)11-4-2-10(17)3-5-11/h2-5,8,12-14,18,21H,6-7,17H2,1H3,(H,19,22,23)/t12-,13+,14+/m0/s1. The number of aryl methyl sites for hydroxylation is 1. The average molecular weight is 396 g/mol. The van der Waals surface area contributed by atoms with Crippen molar-refractivity contribution in [3.63, 3.8) is 0 Å². The molecule has 1 aromatic heterocycles. The number of nitrogens with one attached hydrogen (secondary N) is 2. The molecule has 1 aliphatic rings. The summed E-state index contributed by atoms with van der Waals surface area (Å²) in [5, 5.41) is 10.2. The molecule has 0 bridgehead atoms. The normalized spacial score (nSPS) is 22.8. The molecule has 2 aromatic rings. The van der Waals surface area contributed by atoms with Crippen LogP contribution in [0.4, 0.5) is 5.69 Å². The summed E-state index contributed by atoms with van der Waals surface area (Å²) in [5.74, 6) is 0. The van der Waals surface area contributed by atoms with Gasteiger partial charge in [0.25, 0.3) is 5.56 Å². The van der Waals surface area contributed by atoms with Crippen LogP contribution in [0.2, 0.25) is 0 Å². The van der Waals surface area contributed by atoms with Gasteiger partial charge in [-0.15, -0.1) is 0 Å². The first-order chi connectivity index (χ1) is 12.7. The van der Waals surface area contributed by atoms with Crippen molar-refractivity contribution in [2.75, 3.05) is 12.3 Å². The topological polar surface area (TPSA) is 157 Å². The molecule has 146 valence electrons. The number of benzene rings is 1. The van der Waals surface area contributed by atoms with Gasteiger partial charge in [-0.2, -0.15) is 0 Å². The lowest BCUT2D eigenvalue weighted by atomic mass is 10.2. The monoisotopic (exact) mass is 396 g/mol. The minimum atomic E-state index is -3.80. The summed E-state index contributed by atoms with van der Waals surface area (Å²) in [6, 6.07) is 5.68. The molecule has 10 nitrogen and oxygen atoms in total. The van der Waals surface area contributed by atoms with Gasteiger partial charge in [0.05, 0.1) is 17.1 Å². The highest BCUT2D eigenvalue weighted by Gasteiger charge is 2.36. The van der Waals surface area contributed by atoms with Gasteiger partial charge in [-0.3, -0.25) is 14.3 Å². The van der Waals surface area contributed by atoms with Crippen molar-refractivity contribution in [3.8, 4) is 0 Å². The lowest BCUT2D eigenvalue weighted by Gasteiger charge is -2.17. The second-order valence-electron chi connectivity index (χ2n) is 6.33. The molecule has 0 saturated carbocycles. The van der Waals surface area contributed by atoms with Crippen LogP contribution >= 0.6 is 0 Å². The Kier molecular flexibility index (Phi) is 5.20. The zero-order chi connectivity index (χ0) is 19.8. The fraction of sp³-hybridized carbons (Fsp3) is 0.375. The maximum absolute atomic E-state index is 12.3. The lowest BCUT2D eigenvalue weighted by Crippen LogP contribution is -2.37. The number of rotatable bonds is 5. The fourth-order valence-corrected chi connectivity index (χ4v) is 3.84. The van der Waals surface area contributed by atoms with Gasteiger partial charge in [0.15, 0.2) is 0 Å². The summed E-state index contributed by atoms with van der Waals surface area (Å²) in [5.41, 5.74) is 5.14. The Morgan fingerprint density at radius 1 is 1.33 bits per heavy atom. The Bertz CT molecular complexity index is 1040. The van der Waals surface area contributed by atoms with E-state index < -0.39 is 39.7 Å². The number of ether oxygens (including phenoxy) is 1. The van der Waals surface area contributed by atoms with Crippen LogP contribution in [0.3, 0.4) is 0 Å². The summed E-state index contributed by atoms with van der Waals surface area (Å²) >= 11 is 0. The van der Waals surface area contributed by atoms with E-state index in [0.717, 1.165) is 0 Å². The van der Waals surface area contributed by atoms with Crippen molar-refractivity contribution in [2.45, 2.75) is 36.7 Å². The largest absolute Gasteiger partial charge is 0.399 e. The molecule has 2 heterocycles. The highest BCUT2D eigenvalue weighted by atomic mass is 32.2. The van der Waals surface area contributed by atoms with Crippen molar-refractivity contribution in [3.05, 3.63) is 56.9 Å². The van der Waals surface area contributed by atoms with Crippen LogP contribution in [-0.4, -0.2) is 41.8 Å². The van der Waals surface area contributed by atoms with E-state index in [9.17, 15) is 23.1 Å². The number of aliphatic hydroxyl groups excluding tert-OH is 1. The van der Waals surface area contributed by atoms with E-state index in [-0.39, 0.29) is 17.9 Å². The Balaban J connectivity index is 1.70. The zero-order valence-corrected chi connectivity index (χ0v) is 15.3. The Morgan fingerprint density at radius 2 is 2.00 bits per heavy atom. The van der Waals surface area contributed by atoms with Gasteiger partial charge in [0, 0.05) is 30.4 Å². The maximum Gasteiger partial charge on any atom is 0.330 e. The predicted molar refractivity (Wildman–Crippen MR) is 96.6 cm³/mol. The Morgan fingerprint density at radius 3 is 2.67 bits per heavy atom. The average Bonchev–Trinajstić information content (AvgIpc) is 2.97. The van der Waals surface area contributed by atoms with Crippen molar-refractivity contribution in [1.29, 1.82) is 0 Å². The summed E-state index contributed by atoms with van der Waals surface area (Å²) in [6.45, 7) is 1.36. The molecule has 5 N–H and O–H groups in total. The van der Waals surface area contributed by atoms with E-state index in [4.69, 9.17) is 10.5 Å². The molecule has 0 spiro atoms. The highest BCUT2D eigenvalue weighted by molar-refractivity contribution is 7.89. The van der Waals surface area contributed by atoms with E-state index in [1.165, 1.54) is 35.0 Å². The minimum Gasteiger partial charge on any atom is -0.399 e. The first-order valence-corrected chi connectivity index (χ1v) is 9.66. The second-order valence-corrected chi connectivity index (χ2v) is 8.10. The number of H-pyrrole nitrogens is 1. The van der Waals surface area contributed by atoms with E-state index >= 15 is 0 Å². The van der Waals surface area contributed by atoms with Crippen LogP contribution in [0.5, 0.6) is 0 Å². The van der Waals surface area contributed by atoms with E-state index in [0.29, 0.717) is 11.3 Å². The second kappa shape index (κ2) is 7.27. The van der Waals surface area contributed by atoms with Crippen molar-refractivity contribution in [1.82, 2.24) is 14.3 Å². The van der Waals surface area contributed by atoms with Gasteiger partial charge < -0.3 is 15.6 Å². The molecule has 1 saturated heterocycles. The molecule has 0 aliphatic carbocycles. The Hall–Kier alpha value is -2.47. The maximum atomic E-state index is 12.3. The number of aromatic nitrogens is 2. The summed E-state index contributed by atoms with van der Waals surface area (Å²) in [4.78, 5) is 25.6. The zero-order valence-electron chi connectivity index (χ0n) is 14.5. The molecular weight excluding hydrogens is 376 g/mol. The predicted octanol–water partition coefficient (Wildman–Crippen LogP) is -0.946. The van der Waals surface area contributed by atoms with Crippen LogP contribution < -0.4 is 21.7 Å². The van der Waals surface area contributed by atoms with Crippen LogP contribution in [0.25, 0.3) is 0 Å². The number of anilines is 1. The molecule has 0 radical (unpaired) electrons. The van der Waals surface area contributed by atoms with Crippen molar-refractivity contribution < 1.29 is 18.3 Å². The van der Waals surface area contributed by atoms with Gasteiger partial charge in [-0.25, -0.2) is 17.9 Å². The van der Waals surface area contributed by atoms with E-state index in [2.05, 4.69) is 9.71 Å². The SMILES string of the molecule is Cc1cn([C@H]2C[C@H](O)[C@@H](CNS(=O)(=O)c3ccc(N)cc3)O2)c(=O)[nH]c1=O. The van der Waals surface area contributed by atoms with Crippen molar-refractivity contribution in [2.24, 2.45) is 0 Å². The van der Waals surface area contributed by atoms with Crippen LogP contribution in [0, 0.1) is 6.92 Å². The Labute approximate surface area is 154 Å². The van der Waals surface area contributed by atoms with Gasteiger partial charge >= 0.3 is 5.69 Å². The van der Waals surface area contributed by atoms with Gasteiger partial charge in [0.1, 0.15) is 6.23 Å². The third-order valence-corrected chi connectivity index (χ3v) is 5.76. The third-order valence-electron chi connectivity index (χ3n) is 4.33. The molecule has 3 atom stereocenters. The first kappa shape index (κ1) is 19.3. The number of hydrogen-bond donors (Lipinski definition) is 4. The lowest BCUT2D eigenvalue weighted by molar-refractivity contribution is -0.0169. The van der Waals surface area contributed by atoms with Gasteiger partial charge in [-0.05, 0) is 31.2 Å². The highest BCUT2D eigenvalue weighted by Crippen LogP contribution is 2.27. The number of aliphatic hydroxyl groups is 1. The van der Waals surface area contributed by atoms with E-state index in [1.807, 2.05) is 0 Å². The fourth-order valence-electron chi connectivity index (χ4n) is 2.79. The molecule has 1 aliphatic heterocycles. The molecule has 27 heavy (non-hydrogen) atoms. The van der Waals surface area contributed by atoms with E-state index in [1.54, 1.807) is 6.92 Å². The smallest absolute Gasteiger partial charge is 0.330 e. The number of nitrogens with two attached hydrogens (primary N) is 1. The summed E-state index contributed by atoms with van der Waals surface area (Å²) in [7, 11) is -3.80.